The van der Waals surface area contributed by atoms with Crippen molar-refractivity contribution in [2.45, 2.75) is 54.1 Å². The number of ether oxygens (including phenoxy) is 1. The largest absolute Gasteiger partial charge is 0.508 e. The molecule has 0 amide bonds. The maximum atomic E-state index is 10.4. The molecule has 1 unspecified atom stereocenters. The van der Waals surface area contributed by atoms with Crippen LogP contribution >= 0.6 is 0 Å². The Balaban J connectivity index is 3.18. The van der Waals surface area contributed by atoms with Gasteiger partial charge in [-0.25, -0.2) is 0 Å². The van der Waals surface area contributed by atoms with Crippen LogP contribution in [0.4, 0.5) is 0 Å². The molecule has 3 nitrogen and oxygen atoms in total. The zero-order valence-corrected chi connectivity index (χ0v) is 12.3. The van der Waals surface area contributed by atoms with Gasteiger partial charge in [-0.3, -0.25) is 5.41 Å². The van der Waals surface area contributed by atoms with Crippen LogP contribution in [0.15, 0.2) is 23.5 Å². The summed E-state index contributed by atoms with van der Waals surface area (Å²) < 4.78 is 5.55. The Morgan fingerprint density at radius 1 is 1.33 bits per heavy atom. The normalized spacial score (nSPS) is 21.2. The molecule has 0 bridgehead atoms. The van der Waals surface area contributed by atoms with Crippen LogP contribution in [0.5, 0.6) is 0 Å². The molecular formula is C15H25NO2. The topological polar surface area (TPSA) is 53.3 Å². The third-order valence-electron chi connectivity index (χ3n) is 3.17. The summed E-state index contributed by atoms with van der Waals surface area (Å²) in [6, 6.07) is 0. The third kappa shape index (κ3) is 2.77. The lowest BCUT2D eigenvalue weighted by molar-refractivity contribution is 0.0822. The molecule has 0 radical (unpaired) electrons. The lowest BCUT2D eigenvalue weighted by Crippen LogP contribution is -2.28. The van der Waals surface area contributed by atoms with E-state index in [-0.39, 0.29) is 22.5 Å². The Bertz CT molecular complexity index is 411. The predicted octanol–water partition coefficient (Wildman–Crippen LogP) is 4.21. The van der Waals surface area contributed by atoms with E-state index in [1.807, 2.05) is 41.5 Å². The van der Waals surface area contributed by atoms with Crippen molar-refractivity contribution in [3.8, 4) is 0 Å². The Kier molecular flexibility index (Phi) is 3.66. The molecule has 3 heteroatoms. The molecule has 0 fully saturated rings. The molecule has 18 heavy (non-hydrogen) atoms. The quantitative estimate of drug-likeness (QED) is 0.738. The predicted molar refractivity (Wildman–Crippen MR) is 74.9 cm³/mol. The Labute approximate surface area is 110 Å². The smallest absolute Gasteiger partial charge is 0.213 e. The molecule has 1 aliphatic rings. The van der Waals surface area contributed by atoms with Crippen molar-refractivity contribution < 1.29 is 9.84 Å². The molecule has 1 heterocycles. The van der Waals surface area contributed by atoms with Gasteiger partial charge >= 0.3 is 0 Å². The minimum atomic E-state index is -0.426. The van der Waals surface area contributed by atoms with Gasteiger partial charge in [0, 0.05) is 10.8 Å². The fraction of sp³-hybridized carbons (Fsp3) is 0.667. The minimum absolute atomic E-state index is 0.0960. The molecule has 1 aliphatic heterocycles. The minimum Gasteiger partial charge on any atom is -0.508 e. The van der Waals surface area contributed by atoms with Gasteiger partial charge in [0.25, 0.3) is 0 Å². The van der Waals surface area contributed by atoms with E-state index in [9.17, 15) is 5.11 Å². The van der Waals surface area contributed by atoms with E-state index in [4.69, 9.17) is 10.1 Å². The highest BCUT2D eigenvalue weighted by Crippen LogP contribution is 2.43. The van der Waals surface area contributed by atoms with Crippen molar-refractivity contribution in [1.29, 1.82) is 5.41 Å². The van der Waals surface area contributed by atoms with E-state index in [1.165, 1.54) is 0 Å². The van der Waals surface area contributed by atoms with Gasteiger partial charge in [-0.15, -0.1) is 6.58 Å². The third-order valence-corrected chi connectivity index (χ3v) is 3.17. The molecule has 0 saturated heterocycles. The fourth-order valence-corrected chi connectivity index (χ4v) is 2.56. The standard InChI is InChI=1S/C15H25NO2/c1-9(2)8-15(6,7)10-11(17)12(14(3,4)5)18-13(10)16/h12,16-17H,1,8H2,2-7H3. The van der Waals surface area contributed by atoms with Gasteiger partial charge in [-0.1, -0.05) is 40.2 Å². The van der Waals surface area contributed by atoms with Gasteiger partial charge in [0.1, 0.15) is 5.76 Å². The molecule has 0 saturated carbocycles. The lowest BCUT2D eigenvalue weighted by atomic mass is 9.77. The Morgan fingerprint density at radius 3 is 2.17 bits per heavy atom. The molecule has 0 aromatic carbocycles. The van der Waals surface area contributed by atoms with Crippen molar-refractivity contribution >= 4 is 5.90 Å². The highest BCUT2D eigenvalue weighted by Gasteiger charge is 2.44. The van der Waals surface area contributed by atoms with Crippen LogP contribution in [0.2, 0.25) is 0 Å². The molecule has 1 atom stereocenters. The van der Waals surface area contributed by atoms with E-state index in [1.54, 1.807) is 0 Å². The van der Waals surface area contributed by atoms with Crippen LogP contribution in [0.25, 0.3) is 0 Å². The number of hydrogen-bond acceptors (Lipinski definition) is 3. The van der Waals surface area contributed by atoms with E-state index in [2.05, 4.69) is 6.58 Å². The molecule has 1 rings (SSSR count). The maximum absolute atomic E-state index is 10.4. The maximum Gasteiger partial charge on any atom is 0.213 e. The van der Waals surface area contributed by atoms with Gasteiger partial charge in [0.2, 0.25) is 5.90 Å². The summed E-state index contributed by atoms with van der Waals surface area (Å²) in [5.74, 6) is 0.303. The average molecular weight is 251 g/mol. The van der Waals surface area contributed by atoms with E-state index < -0.39 is 6.10 Å². The van der Waals surface area contributed by atoms with Crippen LogP contribution in [0.3, 0.4) is 0 Å². The molecule has 0 spiro atoms. The van der Waals surface area contributed by atoms with Crippen LogP contribution in [-0.2, 0) is 4.74 Å². The van der Waals surface area contributed by atoms with Crippen LogP contribution in [0, 0.1) is 16.2 Å². The van der Waals surface area contributed by atoms with Crippen LogP contribution in [0.1, 0.15) is 48.0 Å². The first kappa shape index (κ1) is 14.8. The second kappa shape index (κ2) is 4.45. The molecule has 0 aliphatic carbocycles. The first-order valence-corrected chi connectivity index (χ1v) is 6.30. The van der Waals surface area contributed by atoms with Crippen molar-refractivity contribution in [2.24, 2.45) is 10.8 Å². The molecule has 102 valence electrons. The first-order valence-electron chi connectivity index (χ1n) is 6.30. The van der Waals surface area contributed by atoms with Crippen LogP contribution < -0.4 is 0 Å². The van der Waals surface area contributed by atoms with Crippen LogP contribution in [-0.4, -0.2) is 17.1 Å². The average Bonchev–Trinajstić information content (AvgIpc) is 2.38. The SMILES string of the molecule is C=C(C)CC(C)(C)C1=C(O)C(C(C)(C)C)OC1=N. The molecule has 0 aromatic rings. The Hall–Kier alpha value is -1.25. The molecule has 0 aromatic heterocycles. The zero-order chi connectivity index (χ0) is 14.3. The monoisotopic (exact) mass is 251 g/mol. The summed E-state index contributed by atoms with van der Waals surface area (Å²) >= 11 is 0. The second-order valence-corrected chi connectivity index (χ2v) is 6.97. The van der Waals surface area contributed by atoms with Crippen molar-refractivity contribution in [3.63, 3.8) is 0 Å². The summed E-state index contributed by atoms with van der Waals surface area (Å²) in [5, 5.41) is 18.4. The summed E-state index contributed by atoms with van der Waals surface area (Å²) in [6.45, 7) is 15.9. The van der Waals surface area contributed by atoms with E-state index in [0.717, 1.165) is 12.0 Å². The number of aliphatic hydroxyl groups excluding tert-OH is 1. The molecule has 2 N–H and O–H groups in total. The Morgan fingerprint density at radius 2 is 1.83 bits per heavy atom. The van der Waals surface area contributed by atoms with Crippen molar-refractivity contribution in [3.05, 3.63) is 23.5 Å². The van der Waals surface area contributed by atoms with Gasteiger partial charge in [-0.05, 0) is 13.3 Å². The number of hydrogen-bond donors (Lipinski definition) is 2. The summed E-state index contributed by atoms with van der Waals surface area (Å²) in [4.78, 5) is 0. The number of nitrogens with one attached hydrogen (secondary N) is 1. The van der Waals surface area contributed by atoms with Gasteiger partial charge in [-0.2, -0.15) is 0 Å². The molecular weight excluding hydrogens is 226 g/mol. The first-order chi connectivity index (χ1) is 7.97. The number of allylic oxidation sites excluding steroid dienone is 1. The summed E-state index contributed by atoms with van der Waals surface area (Å²) in [7, 11) is 0. The number of rotatable bonds is 3. The highest BCUT2D eigenvalue weighted by molar-refractivity contribution is 5.95. The van der Waals surface area contributed by atoms with Gasteiger partial charge in [0.05, 0.1) is 5.57 Å². The number of aliphatic hydroxyl groups is 1. The fourth-order valence-electron chi connectivity index (χ4n) is 2.56. The summed E-state index contributed by atoms with van der Waals surface area (Å²) in [6.07, 6.45) is 0.305. The van der Waals surface area contributed by atoms with E-state index in [0.29, 0.717) is 5.57 Å². The summed E-state index contributed by atoms with van der Waals surface area (Å²) in [5.41, 5.74) is 1.10. The van der Waals surface area contributed by atoms with E-state index >= 15 is 0 Å². The van der Waals surface area contributed by atoms with Crippen molar-refractivity contribution in [1.82, 2.24) is 0 Å². The lowest BCUT2D eigenvalue weighted by Gasteiger charge is -2.26. The zero-order valence-electron chi connectivity index (χ0n) is 12.3. The van der Waals surface area contributed by atoms with Crippen molar-refractivity contribution in [2.75, 3.05) is 0 Å². The highest BCUT2D eigenvalue weighted by atomic mass is 16.5. The van der Waals surface area contributed by atoms with Gasteiger partial charge in [0.15, 0.2) is 6.10 Å². The second-order valence-electron chi connectivity index (χ2n) is 6.97. The van der Waals surface area contributed by atoms with Gasteiger partial charge < -0.3 is 9.84 Å².